The number of piperidine rings is 1. The first-order valence-electron chi connectivity index (χ1n) is 15.4. The van der Waals surface area contributed by atoms with E-state index in [1.807, 2.05) is 63.3 Å². The van der Waals surface area contributed by atoms with Gasteiger partial charge in [-0.25, -0.2) is 9.37 Å². The molecule has 0 radical (unpaired) electrons. The Hall–Kier alpha value is -5.09. The van der Waals surface area contributed by atoms with Crippen molar-refractivity contribution >= 4 is 17.1 Å². The van der Waals surface area contributed by atoms with Crippen molar-refractivity contribution in [1.82, 2.24) is 19.9 Å². The highest BCUT2D eigenvalue weighted by atomic mass is 19.1. The smallest absolute Gasteiger partial charge is 0.146 e. The first-order chi connectivity index (χ1) is 21.9. The quantitative estimate of drug-likeness (QED) is 0.0960. The summed E-state index contributed by atoms with van der Waals surface area (Å²) >= 11 is 0. The van der Waals surface area contributed by atoms with Crippen molar-refractivity contribution in [3.8, 4) is 24.0 Å². The van der Waals surface area contributed by atoms with Crippen LogP contribution in [0.3, 0.4) is 0 Å². The van der Waals surface area contributed by atoms with Gasteiger partial charge >= 0.3 is 0 Å². The second-order valence-electron chi connectivity index (χ2n) is 10.6. The van der Waals surface area contributed by atoms with Gasteiger partial charge in [-0.15, -0.1) is 12.8 Å². The number of hydrogen-bond donors (Lipinski definition) is 3. The van der Waals surface area contributed by atoms with Crippen LogP contribution in [0.2, 0.25) is 0 Å². The number of likely N-dealkylation sites (tertiary alicyclic amines) is 1. The number of aryl methyl sites for hydroxylation is 1. The van der Waals surface area contributed by atoms with Crippen LogP contribution < -0.4 is 11.1 Å². The molecule has 1 saturated heterocycles. The number of nitrogens with zero attached hydrogens (tertiary/aromatic N) is 3. The lowest BCUT2D eigenvalue weighted by Gasteiger charge is -2.30. The molecule has 234 valence electrons. The molecular formula is C38H45FN6. The minimum absolute atomic E-state index is 0.126. The number of halogens is 1. The Morgan fingerprint density at radius 2 is 1.78 bits per heavy atom. The number of aromatic nitrogens is 3. The molecular weight excluding hydrogens is 559 g/mol. The van der Waals surface area contributed by atoms with Crippen molar-refractivity contribution in [2.24, 2.45) is 0 Å². The van der Waals surface area contributed by atoms with Crippen LogP contribution in [-0.2, 0) is 12.8 Å². The third kappa shape index (κ3) is 9.20. The Morgan fingerprint density at radius 1 is 1.07 bits per heavy atom. The third-order valence-electron chi connectivity index (χ3n) is 7.37. The Balaban J connectivity index is 0.00000133. The molecule has 0 spiro atoms. The normalized spacial score (nSPS) is 12.7. The molecule has 3 heterocycles. The number of rotatable bonds is 10. The molecule has 0 aliphatic carbocycles. The number of aromatic amines is 1. The predicted molar refractivity (Wildman–Crippen MR) is 188 cm³/mol. The number of H-pyrrole nitrogens is 1. The number of nitrogen functional groups attached to an aromatic ring is 1. The number of terminal acetylenes is 1. The van der Waals surface area contributed by atoms with Crippen molar-refractivity contribution in [3.63, 3.8) is 0 Å². The molecule has 0 unspecified atom stereocenters. The zero-order valence-electron chi connectivity index (χ0n) is 26.7. The maximum atomic E-state index is 15.1. The van der Waals surface area contributed by atoms with Crippen LogP contribution in [0.25, 0.3) is 16.8 Å². The van der Waals surface area contributed by atoms with Crippen molar-refractivity contribution in [2.75, 3.05) is 24.1 Å². The molecule has 1 aliphatic rings. The van der Waals surface area contributed by atoms with E-state index >= 15 is 4.39 Å². The molecule has 2 aromatic heterocycles. The Labute approximate surface area is 268 Å². The second kappa shape index (κ2) is 17.3. The zero-order valence-corrected chi connectivity index (χ0v) is 26.7. The van der Waals surface area contributed by atoms with Crippen LogP contribution >= 0.6 is 0 Å². The van der Waals surface area contributed by atoms with Crippen molar-refractivity contribution in [3.05, 3.63) is 126 Å². The van der Waals surface area contributed by atoms with Gasteiger partial charge in [0, 0.05) is 49.1 Å². The number of nitrogens with two attached hydrogens (primary N) is 1. The summed E-state index contributed by atoms with van der Waals surface area (Å²) in [4.78, 5) is 15.1. The fourth-order valence-corrected chi connectivity index (χ4v) is 5.36. The summed E-state index contributed by atoms with van der Waals surface area (Å²) < 4.78 is 15.1. The highest BCUT2D eigenvalue weighted by Crippen LogP contribution is 2.30. The van der Waals surface area contributed by atoms with E-state index in [1.54, 1.807) is 12.4 Å². The van der Waals surface area contributed by atoms with Gasteiger partial charge in [0.05, 0.1) is 23.3 Å². The summed E-state index contributed by atoms with van der Waals surface area (Å²) in [6.07, 6.45) is 19.9. The molecule has 0 amide bonds. The molecule has 45 heavy (non-hydrogen) atoms. The van der Waals surface area contributed by atoms with E-state index in [0.29, 0.717) is 24.0 Å². The van der Waals surface area contributed by atoms with E-state index in [2.05, 4.69) is 58.3 Å². The van der Waals surface area contributed by atoms with Gasteiger partial charge in [0.15, 0.2) is 0 Å². The number of anilines is 2. The van der Waals surface area contributed by atoms with Crippen molar-refractivity contribution in [1.29, 1.82) is 0 Å². The average Bonchev–Trinajstić information content (AvgIpc) is 3.43. The summed E-state index contributed by atoms with van der Waals surface area (Å²) in [6.45, 7) is 16.1. The van der Waals surface area contributed by atoms with Crippen molar-refractivity contribution < 1.29 is 4.39 Å². The molecule has 1 fully saturated rings. The predicted octanol–water partition coefficient (Wildman–Crippen LogP) is 8.55. The van der Waals surface area contributed by atoms with Gasteiger partial charge in [-0.1, -0.05) is 63.4 Å². The molecule has 0 saturated carbocycles. The maximum Gasteiger partial charge on any atom is 0.146 e. The number of nitrogens with one attached hydrogen (secondary N) is 2. The highest BCUT2D eigenvalue weighted by molar-refractivity contribution is 5.71. The molecule has 6 nitrogen and oxygen atoms in total. The Morgan fingerprint density at radius 3 is 2.47 bits per heavy atom. The minimum atomic E-state index is -0.464. The third-order valence-corrected chi connectivity index (χ3v) is 7.37. The summed E-state index contributed by atoms with van der Waals surface area (Å²) in [6, 6.07) is 15.5. The largest absolute Gasteiger partial charge is 0.396 e. The lowest BCUT2D eigenvalue weighted by molar-refractivity contribution is 0.325. The number of allylic oxidation sites excluding steroid dienone is 3. The maximum absolute atomic E-state index is 15.1. The zero-order chi connectivity index (χ0) is 32.8. The molecule has 4 aromatic rings. The summed E-state index contributed by atoms with van der Waals surface area (Å²) in [5.41, 5.74) is 14.2. The van der Waals surface area contributed by atoms with Gasteiger partial charge < -0.3 is 20.9 Å². The summed E-state index contributed by atoms with van der Waals surface area (Å²) in [5.74, 6) is 0.270. The van der Waals surface area contributed by atoms with E-state index in [9.17, 15) is 0 Å². The van der Waals surface area contributed by atoms with Gasteiger partial charge in [0.1, 0.15) is 17.3 Å². The lowest BCUT2D eigenvalue weighted by atomic mass is 10.0. The van der Waals surface area contributed by atoms with E-state index in [4.69, 9.17) is 10.7 Å². The molecule has 1 aliphatic heterocycles. The minimum Gasteiger partial charge on any atom is -0.396 e. The molecule has 2 aromatic carbocycles. The molecule has 7 heteroatoms. The monoisotopic (exact) mass is 604 g/mol. The van der Waals surface area contributed by atoms with E-state index in [0.717, 1.165) is 52.9 Å². The van der Waals surface area contributed by atoms with Gasteiger partial charge in [0.25, 0.3) is 0 Å². The van der Waals surface area contributed by atoms with Crippen LogP contribution in [0.5, 0.6) is 0 Å². The van der Waals surface area contributed by atoms with Crippen LogP contribution in [0, 0.1) is 25.6 Å². The molecule has 0 bridgehead atoms. The van der Waals surface area contributed by atoms with Crippen LogP contribution in [0.15, 0.2) is 91.9 Å². The number of imidazole rings is 1. The lowest BCUT2D eigenvalue weighted by Crippen LogP contribution is -2.28. The van der Waals surface area contributed by atoms with Gasteiger partial charge in [-0.2, -0.15) is 0 Å². The van der Waals surface area contributed by atoms with Crippen molar-refractivity contribution in [2.45, 2.75) is 52.9 Å². The van der Waals surface area contributed by atoms with Crippen LogP contribution in [-0.4, -0.2) is 32.9 Å². The Bertz CT molecular complexity index is 1610. The topological polar surface area (TPSA) is 82.9 Å². The fourth-order valence-electron chi connectivity index (χ4n) is 5.36. The molecule has 4 N–H and O–H groups in total. The van der Waals surface area contributed by atoms with Gasteiger partial charge in [-0.05, 0) is 67.2 Å². The number of pyridine rings is 1. The number of hydrogen-bond acceptors (Lipinski definition) is 5. The fraction of sp³-hybridized carbons (Fsp3) is 0.263. The first-order valence-corrected chi connectivity index (χ1v) is 15.4. The SMILES string of the molecule is C#C.C=C/C=C(\c1nc(Cc2cc(-c3cncc(NC(=C)Cc4ccccc4)c3)cc(F)c2N)[nH]c1C)N1CCCCC1.CC. The average molecular weight is 605 g/mol. The molecule has 0 atom stereocenters. The van der Waals surface area contributed by atoms with Crippen LogP contribution in [0.1, 0.15) is 61.4 Å². The first kappa shape index (κ1) is 34.4. The molecule has 5 rings (SSSR count). The summed E-state index contributed by atoms with van der Waals surface area (Å²) in [7, 11) is 0. The number of benzene rings is 2. The van der Waals surface area contributed by atoms with E-state index in [1.165, 1.54) is 30.9 Å². The van der Waals surface area contributed by atoms with Gasteiger partial charge in [0.2, 0.25) is 0 Å². The standard InChI is InChI=1S/C34H37FN6.C2H6.C2H2/c1-4-11-31(41-14-9-6-10-15-41)34-24(3)39-32(40-34)20-27-17-26(19-30(35)33(27)36)28-18-29(22-37-21-28)38-23(2)16-25-12-7-5-8-13-25;2*1-2/h4-5,7-8,11-13,17-19,21-22,38H,1-2,6,9-10,14-16,20,36H2,3H3,(H,39,40);1-2H3;1-2H/b31-11+;;. The van der Waals surface area contributed by atoms with Crippen LogP contribution in [0.4, 0.5) is 15.8 Å². The summed E-state index contributed by atoms with van der Waals surface area (Å²) in [5, 5.41) is 3.33. The van der Waals surface area contributed by atoms with E-state index in [-0.39, 0.29) is 5.69 Å². The Kier molecular flexibility index (Phi) is 13.2. The second-order valence-corrected chi connectivity index (χ2v) is 10.6. The van der Waals surface area contributed by atoms with E-state index < -0.39 is 5.82 Å². The van der Waals surface area contributed by atoms with Gasteiger partial charge in [-0.3, -0.25) is 4.98 Å². The highest BCUT2D eigenvalue weighted by Gasteiger charge is 2.20.